The van der Waals surface area contributed by atoms with Crippen molar-refractivity contribution in [2.45, 2.75) is 17.5 Å². The summed E-state index contributed by atoms with van der Waals surface area (Å²) in [6, 6.07) is 16.7. The highest BCUT2D eigenvalue weighted by molar-refractivity contribution is 7.98. The van der Waals surface area contributed by atoms with E-state index in [1.165, 1.54) is 11.8 Å². The monoisotopic (exact) mass is 450 g/mol. The Hall–Kier alpha value is -3.43. The quantitative estimate of drug-likeness (QED) is 0.320. The first-order chi connectivity index (χ1) is 15.3. The lowest BCUT2D eigenvalue weighted by Gasteiger charge is -2.07. The van der Waals surface area contributed by atoms with E-state index in [1.807, 2.05) is 47.0 Å². The number of halogens is 1. The maximum atomic E-state index is 6.05. The number of aromatic nitrogens is 6. The molecule has 0 fully saturated rings. The van der Waals surface area contributed by atoms with Crippen LogP contribution in [-0.4, -0.2) is 29.9 Å². The lowest BCUT2D eigenvalue weighted by Crippen LogP contribution is -2.04. The summed E-state index contributed by atoms with van der Waals surface area (Å²) in [5.41, 5.74) is 1.51. The van der Waals surface area contributed by atoms with Gasteiger partial charge in [0, 0.05) is 16.8 Å². The van der Waals surface area contributed by atoms with Gasteiger partial charge in [0.05, 0.1) is 18.6 Å². The van der Waals surface area contributed by atoms with E-state index < -0.39 is 0 Å². The molecule has 1 aromatic carbocycles. The molecule has 0 atom stereocenters. The van der Waals surface area contributed by atoms with Crippen LogP contribution in [0, 0.1) is 0 Å². The predicted molar refractivity (Wildman–Crippen MR) is 115 cm³/mol. The molecule has 8 nitrogen and oxygen atoms in total. The third kappa shape index (κ3) is 4.37. The summed E-state index contributed by atoms with van der Waals surface area (Å²) in [4.78, 5) is 8.86. The Morgan fingerprint density at radius 1 is 1.03 bits per heavy atom. The van der Waals surface area contributed by atoms with Crippen molar-refractivity contribution in [3.8, 4) is 23.0 Å². The lowest BCUT2D eigenvalue weighted by atomic mass is 10.2. The number of furan rings is 1. The average Bonchev–Trinajstić information content (AvgIpc) is 3.55. The summed E-state index contributed by atoms with van der Waals surface area (Å²) in [5.74, 6) is 2.88. The van der Waals surface area contributed by atoms with Crippen molar-refractivity contribution in [1.29, 1.82) is 0 Å². The van der Waals surface area contributed by atoms with Crippen LogP contribution in [0.25, 0.3) is 23.0 Å². The fraction of sp³-hybridized carbons (Fsp3) is 0.0952. The van der Waals surface area contributed by atoms with Gasteiger partial charge >= 0.3 is 0 Å². The Kier molecular flexibility index (Phi) is 5.51. The highest BCUT2D eigenvalue weighted by Crippen LogP contribution is 2.27. The number of hydrogen-bond acceptors (Lipinski definition) is 8. The zero-order valence-corrected chi connectivity index (χ0v) is 17.6. The maximum absolute atomic E-state index is 6.05. The number of thioether (sulfide) groups is 1. The normalized spacial score (nSPS) is 11.1. The Morgan fingerprint density at radius 2 is 2.00 bits per heavy atom. The van der Waals surface area contributed by atoms with Crippen molar-refractivity contribution in [3.05, 3.63) is 83.7 Å². The lowest BCUT2D eigenvalue weighted by molar-refractivity contribution is 0.425. The zero-order valence-electron chi connectivity index (χ0n) is 16.1. The van der Waals surface area contributed by atoms with Crippen LogP contribution >= 0.6 is 23.4 Å². The van der Waals surface area contributed by atoms with Crippen LogP contribution in [-0.2, 0) is 12.3 Å². The maximum Gasteiger partial charge on any atom is 0.258 e. The molecular weight excluding hydrogens is 436 g/mol. The summed E-state index contributed by atoms with van der Waals surface area (Å²) in [6.07, 6.45) is 3.37. The molecule has 4 aromatic heterocycles. The van der Waals surface area contributed by atoms with Gasteiger partial charge in [-0.2, -0.15) is 4.98 Å². The third-order valence-electron chi connectivity index (χ3n) is 4.37. The van der Waals surface area contributed by atoms with E-state index in [9.17, 15) is 0 Å². The van der Waals surface area contributed by atoms with E-state index in [2.05, 4.69) is 25.3 Å². The highest BCUT2D eigenvalue weighted by atomic mass is 35.5. The molecule has 154 valence electrons. The first-order valence-electron chi connectivity index (χ1n) is 9.34. The SMILES string of the molecule is Clc1cccc(-c2nc(CSc3nnc(-c4ccccn4)n3Cc3ccco3)no2)c1. The van der Waals surface area contributed by atoms with Gasteiger partial charge < -0.3 is 8.94 Å². The van der Waals surface area contributed by atoms with Gasteiger partial charge in [0.25, 0.3) is 5.89 Å². The summed E-state index contributed by atoms with van der Waals surface area (Å²) >= 11 is 7.50. The van der Waals surface area contributed by atoms with Gasteiger partial charge in [-0.1, -0.05) is 40.7 Å². The number of nitrogens with zero attached hydrogens (tertiary/aromatic N) is 6. The minimum absolute atomic E-state index is 0.421. The van der Waals surface area contributed by atoms with Crippen molar-refractivity contribution in [2.75, 3.05) is 0 Å². The molecule has 0 spiro atoms. The Balaban J connectivity index is 1.39. The van der Waals surface area contributed by atoms with Crippen LogP contribution in [0.15, 0.2) is 81.2 Å². The molecule has 10 heteroatoms. The van der Waals surface area contributed by atoms with Crippen LogP contribution < -0.4 is 0 Å². The summed E-state index contributed by atoms with van der Waals surface area (Å²) in [7, 11) is 0. The second-order valence-corrected chi connectivity index (χ2v) is 7.88. The fourth-order valence-electron chi connectivity index (χ4n) is 2.96. The van der Waals surface area contributed by atoms with Crippen LogP contribution in [0.1, 0.15) is 11.6 Å². The summed E-state index contributed by atoms with van der Waals surface area (Å²) < 4.78 is 12.9. The van der Waals surface area contributed by atoms with Gasteiger partial charge in [-0.15, -0.1) is 10.2 Å². The van der Waals surface area contributed by atoms with Gasteiger partial charge in [-0.05, 0) is 42.5 Å². The molecule has 0 saturated carbocycles. The number of benzene rings is 1. The first kappa shape index (κ1) is 19.5. The molecule has 0 N–H and O–H groups in total. The molecule has 4 heterocycles. The number of rotatable bonds is 7. The molecule has 0 amide bonds. The van der Waals surface area contributed by atoms with E-state index in [-0.39, 0.29) is 0 Å². The van der Waals surface area contributed by atoms with Crippen LogP contribution in [0.4, 0.5) is 0 Å². The molecule has 0 saturated heterocycles. The topological polar surface area (TPSA) is 95.7 Å². The van der Waals surface area contributed by atoms with Crippen molar-refractivity contribution >= 4 is 23.4 Å². The molecule has 0 unspecified atom stereocenters. The van der Waals surface area contributed by atoms with E-state index in [0.29, 0.717) is 40.0 Å². The van der Waals surface area contributed by atoms with Crippen LogP contribution in [0.5, 0.6) is 0 Å². The molecule has 31 heavy (non-hydrogen) atoms. The number of hydrogen-bond donors (Lipinski definition) is 0. The molecule has 0 radical (unpaired) electrons. The molecule has 0 bridgehead atoms. The van der Waals surface area contributed by atoms with Gasteiger partial charge in [0.15, 0.2) is 16.8 Å². The third-order valence-corrected chi connectivity index (χ3v) is 5.57. The fourth-order valence-corrected chi connectivity index (χ4v) is 3.93. The Bertz CT molecular complexity index is 1290. The first-order valence-corrected chi connectivity index (χ1v) is 10.7. The second kappa shape index (κ2) is 8.75. The minimum Gasteiger partial charge on any atom is -0.467 e. The van der Waals surface area contributed by atoms with Crippen molar-refractivity contribution < 1.29 is 8.94 Å². The van der Waals surface area contributed by atoms with Gasteiger partial charge in [0.2, 0.25) is 0 Å². The predicted octanol–water partition coefficient (Wildman–Crippen LogP) is 4.98. The highest BCUT2D eigenvalue weighted by Gasteiger charge is 2.18. The van der Waals surface area contributed by atoms with E-state index in [0.717, 1.165) is 17.0 Å². The Morgan fingerprint density at radius 3 is 2.81 bits per heavy atom. The molecular formula is C21H15ClN6O2S. The summed E-state index contributed by atoms with van der Waals surface area (Å²) in [5, 5.41) is 14.1. The zero-order chi connectivity index (χ0) is 21.0. The largest absolute Gasteiger partial charge is 0.467 e. The number of pyridine rings is 1. The Labute approximate surface area is 186 Å². The van der Waals surface area contributed by atoms with Crippen LogP contribution in [0.3, 0.4) is 0 Å². The van der Waals surface area contributed by atoms with E-state index in [4.69, 9.17) is 20.5 Å². The van der Waals surface area contributed by atoms with E-state index >= 15 is 0 Å². The van der Waals surface area contributed by atoms with Crippen molar-refractivity contribution in [1.82, 2.24) is 29.9 Å². The smallest absolute Gasteiger partial charge is 0.258 e. The summed E-state index contributed by atoms with van der Waals surface area (Å²) in [6.45, 7) is 0.480. The molecule has 0 aliphatic rings. The van der Waals surface area contributed by atoms with E-state index in [1.54, 1.807) is 24.6 Å². The van der Waals surface area contributed by atoms with Crippen molar-refractivity contribution in [2.24, 2.45) is 0 Å². The molecule has 5 rings (SSSR count). The molecule has 0 aliphatic carbocycles. The van der Waals surface area contributed by atoms with Crippen LogP contribution in [0.2, 0.25) is 5.02 Å². The molecule has 5 aromatic rings. The molecule has 0 aliphatic heterocycles. The minimum atomic E-state index is 0.421. The second-order valence-electron chi connectivity index (χ2n) is 6.50. The van der Waals surface area contributed by atoms with Gasteiger partial charge in [0.1, 0.15) is 11.5 Å². The van der Waals surface area contributed by atoms with Gasteiger partial charge in [-0.25, -0.2) is 0 Å². The standard InChI is InChI=1S/C21H15ClN6O2S/c22-15-6-3-5-14(11-15)20-24-18(27-30-20)13-31-21-26-25-19(17-8-1-2-9-23-17)28(21)12-16-7-4-10-29-16/h1-11H,12-13H2. The average molecular weight is 451 g/mol. The van der Waals surface area contributed by atoms with Gasteiger partial charge in [-0.3, -0.25) is 9.55 Å². The van der Waals surface area contributed by atoms with Crippen molar-refractivity contribution in [3.63, 3.8) is 0 Å².